The molecule has 0 bridgehead atoms. The second kappa shape index (κ2) is 6.59. The number of nitrogens with zero attached hydrogens (tertiary/aromatic N) is 1. The Kier molecular flexibility index (Phi) is 5.41. The molecule has 2 rings (SSSR count). The van der Waals surface area contributed by atoms with Gasteiger partial charge in [-0.05, 0) is 18.1 Å². The summed E-state index contributed by atoms with van der Waals surface area (Å²) in [4.78, 5) is 13.7. The van der Waals surface area contributed by atoms with Crippen molar-refractivity contribution in [3.8, 4) is 0 Å². The third-order valence-corrected chi connectivity index (χ3v) is 2.75. The highest BCUT2D eigenvalue weighted by Gasteiger charge is 2.23. The van der Waals surface area contributed by atoms with E-state index in [1.54, 1.807) is 4.90 Å². The van der Waals surface area contributed by atoms with Gasteiger partial charge < -0.3 is 27.7 Å². The molecular formula is C12H16ClN2O2-. The Labute approximate surface area is 107 Å². The van der Waals surface area contributed by atoms with E-state index in [2.05, 4.69) is 11.4 Å². The summed E-state index contributed by atoms with van der Waals surface area (Å²) in [6.45, 7) is 1.57. The normalized spacial score (nSPS) is 13.1. The van der Waals surface area contributed by atoms with Crippen LogP contribution in [0.15, 0.2) is 24.3 Å². The standard InChI is InChI=1S/C12H16N2O2.ClH/c15-8-6-13-9-12(16)14-7-5-10-3-1-2-4-11(10)14;/h1-4,13,15H,5-9H2;1H/p-1. The summed E-state index contributed by atoms with van der Waals surface area (Å²) in [5.41, 5.74) is 2.26. The van der Waals surface area contributed by atoms with Crippen molar-refractivity contribution < 1.29 is 22.3 Å². The van der Waals surface area contributed by atoms with Gasteiger partial charge in [0.2, 0.25) is 5.91 Å². The molecule has 0 saturated carbocycles. The van der Waals surface area contributed by atoms with Crippen LogP contribution in [0, 0.1) is 0 Å². The number of nitrogens with one attached hydrogen (secondary N) is 1. The first-order valence-corrected chi connectivity index (χ1v) is 5.53. The van der Waals surface area contributed by atoms with Gasteiger partial charge in [0.15, 0.2) is 0 Å². The molecule has 2 N–H and O–H groups in total. The van der Waals surface area contributed by atoms with Crippen molar-refractivity contribution in [3.05, 3.63) is 29.8 Å². The monoisotopic (exact) mass is 255 g/mol. The first-order valence-electron chi connectivity index (χ1n) is 5.53. The maximum absolute atomic E-state index is 11.9. The molecule has 1 heterocycles. The Morgan fingerprint density at radius 1 is 1.41 bits per heavy atom. The lowest BCUT2D eigenvalue weighted by molar-refractivity contribution is -0.117. The van der Waals surface area contributed by atoms with Crippen LogP contribution < -0.4 is 22.6 Å². The fraction of sp³-hybridized carbons (Fsp3) is 0.417. The van der Waals surface area contributed by atoms with E-state index in [1.165, 1.54) is 5.56 Å². The highest BCUT2D eigenvalue weighted by molar-refractivity contribution is 5.96. The summed E-state index contributed by atoms with van der Waals surface area (Å²) >= 11 is 0. The fourth-order valence-electron chi connectivity index (χ4n) is 1.97. The van der Waals surface area contributed by atoms with E-state index in [4.69, 9.17) is 5.11 Å². The minimum Gasteiger partial charge on any atom is -1.00 e. The number of amides is 1. The molecule has 4 nitrogen and oxygen atoms in total. The molecule has 1 aromatic carbocycles. The van der Waals surface area contributed by atoms with Gasteiger partial charge in [0.25, 0.3) is 0 Å². The Morgan fingerprint density at radius 3 is 2.94 bits per heavy atom. The predicted octanol–water partition coefficient (Wildman–Crippen LogP) is -2.84. The molecule has 5 heteroatoms. The number of rotatable bonds is 4. The Balaban J connectivity index is 0.00000144. The largest absolute Gasteiger partial charge is 1.00 e. The van der Waals surface area contributed by atoms with Gasteiger partial charge >= 0.3 is 0 Å². The third-order valence-electron chi connectivity index (χ3n) is 2.75. The number of benzene rings is 1. The Morgan fingerprint density at radius 2 is 2.18 bits per heavy atom. The molecule has 1 aliphatic rings. The van der Waals surface area contributed by atoms with Crippen LogP contribution in [-0.2, 0) is 11.2 Å². The quantitative estimate of drug-likeness (QED) is 0.570. The van der Waals surface area contributed by atoms with Crippen LogP contribution in [0.2, 0.25) is 0 Å². The number of hydrogen-bond donors (Lipinski definition) is 2. The predicted molar refractivity (Wildman–Crippen MR) is 62.5 cm³/mol. The van der Waals surface area contributed by atoms with Crippen LogP contribution >= 0.6 is 0 Å². The number of anilines is 1. The minimum atomic E-state index is 0. The average Bonchev–Trinajstić information content (AvgIpc) is 2.73. The van der Waals surface area contributed by atoms with Crippen molar-refractivity contribution in [3.63, 3.8) is 0 Å². The lowest BCUT2D eigenvalue weighted by atomic mass is 10.2. The molecule has 0 spiro atoms. The van der Waals surface area contributed by atoms with E-state index in [9.17, 15) is 4.79 Å². The molecule has 0 fully saturated rings. The van der Waals surface area contributed by atoms with E-state index in [1.807, 2.05) is 18.2 Å². The number of aliphatic hydroxyl groups is 1. The molecule has 0 aliphatic carbocycles. The lowest BCUT2D eigenvalue weighted by Crippen LogP contribution is -3.00. The number of para-hydroxylation sites is 1. The van der Waals surface area contributed by atoms with Gasteiger partial charge in [-0.3, -0.25) is 4.79 Å². The second-order valence-corrected chi connectivity index (χ2v) is 3.82. The van der Waals surface area contributed by atoms with Gasteiger partial charge in [0, 0.05) is 18.8 Å². The highest BCUT2D eigenvalue weighted by Crippen LogP contribution is 2.27. The smallest absolute Gasteiger partial charge is 0.240 e. The molecule has 17 heavy (non-hydrogen) atoms. The molecule has 0 unspecified atom stereocenters. The van der Waals surface area contributed by atoms with E-state index in [0.29, 0.717) is 6.54 Å². The van der Waals surface area contributed by atoms with Crippen LogP contribution in [-0.4, -0.2) is 37.3 Å². The zero-order chi connectivity index (χ0) is 11.4. The lowest BCUT2D eigenvalue weighted by Gasteiger charge is -2.17. The van der Waals surface area contributed by atoms with Crippen molar-refractivity contribution >= 4 is 11.6 Å². The number of hydrogen-bond acceptors (Lipinski definition) is 3. The number of carbonyl (C=O) groups is 1. The maximum Gasteiger partial charge on any atom is 0.240 e. The first kappa shape index (κ1) is 14.0. The molecule has 0 atom stereocenters. The third kappa shape index (κ3) is 3.19. The van der Waals surface area contributed by atoms with Crippen molar-refractivity contribution in [2.45, 2.75) is 6.42 Å². The van der Waals surface area contributed by atoms with Crippen molar-refractivity contribution in [1.29, 1.82) is 0 Å². The summed E-state index contributed by atoms with van der Waals surface area (Å²) in [6, 6.07) is 7.98. The maximum atomic E-state index is 11.9. The van der Waals surface area contributed by atoms with E-state index < -0.39 is 0 Å². The van der Waals surface area contributed by atoms with Gasteiger partial charge in [-0.1, -0.05) is 18.2 Å². The highest BCUT2D eigenvalue weighted by atomic mass is 35.5. The molecular weight excluding hydrogens is 240 g/mol. The van der Waals surface area contributed by atoms with Gasteiger partial charge in [0.1, 0.15) is 0 Å². The summed E-state index contributed by atoms with van der Waals surface area (Å²) < 4.78 is 0. The van der Waals surface area contributed by atoms with Crippen LogP contribution in [0.1, 0.15) is 5.56 Å². The minimum absolute atomic E-state index is 0. The van der Waals surface area contributed by atoms with Gasteiger partial charge in [-0.15, -0.1) is 0 Å². The first-order chi connectivity index (χ1) is 7.83. The van der Waals surface area contributed by atoms with Crippen LogP contribution in [0.5, 0.6) is 0 Å². The van der Waals surface area contributed by atoms with Crippen LogP contribution in [0.4, 0.5) is 5.69 Å². The molecule has 0 saturated heterocycles. The summed E-state index contributed by atoms with van der Waals surface area (Å²) in [5, 5.41) is 11.5. The SMILES string of the molecule is O=C(CNCCO)N1CCc2ccccc21.[Cl-]. The number of halogens is 1. The Bertz CT molecular complexity index is 385. The summed E-state index contributed by atoms with van der Waals surface area (Å²) in [5.74, 6) is 0.0680. The van der Waals surface area contributed by atoms with Crippen molar-refractivity contribution in [2.75, 3.05) is 31.1 Å². The number of aliphatic hydroxyl groups excluding tert-OH is 1. The molecule has 94 valence electrons. The zero-order valence-corrected chi connectivity index (χ0v) is 10.3. The Hall–Kier alpha value is -1.10. The van der Waals surface area contributed by atoms with E-state index in [-0.39, 0.29) is 31.5 Å². The van der Waals surface area contributed by atoms with Gasteiger partial charge in [0.05, 0.1) is 13.2 Å². The molecule has 0 radical (unpaired) electrons. The van der Waals surface area contributed by atoms with Crippen molar-refractivity contribution in [1.82, 2.24) is 5.32 Å². The van der Waals surface area contributed by atoms with Crippen LogP contribution in [0.25, 0.3) is 0 Å². The average molecular weight is 256 g/mol. The molecule has 0 aromatic heterocycles. The number of carbonyl (C=O) groups excluding carboxylic acids is 1. The molecule has 1 aliphatic heterocycles. The van der Waals surface area contributed by atoms with E-state index >= 15 is 0 Å². The van der Waals surface area contributed by atoms with Crippen LogP contribution in [0.3, 0.4) is 0 Å². The fourth-order valence-corrected chi connectivity index (χ4v) is 1.97. The molecule has 1 aromatic rings. The van der Waals surface area contributed by atoms with Gasteiger partial charge in [-0.25, -0.2) is 0 Å². The van der Waals surface area contributed by atoms with E-state index in [0.717, 1.165) is 18.7 Å². The topological polar surface area (TPSA) is 52.6 Å². The van der Waals surface area contributed by atoms with Crippen molar-refractivity contribution in [2.24, 2.45) is 0 Å². The number of fused-ring (bicyclic) bond motifs is 1. The second-order valence-electron chi connectivity index (χ2n) is 3.82. The zero-order valence-electron chi connectivity index (χ0n) is 9.53. The summed E-state index contributed by atoms with van der Waals surface area (Å²) in [6.07, 6.45) is 0.932. The summed E-state index contributed by atoms with van der Waals surface area (Å²) in [7, 11) is 0. The van der Waals surface area contributed by atoms with Gasteiger partial charge in [-0.2, -0.15) is 0 Å². The molecule has 1 amide bonds.